The molecule has 3 heterocycles. The lowest BCUT2D eigenvalue weighted by Crippen LogP contribution is -2.48. The number of unbranched alkanes of at least 4 members (excludes halogenated alkanes) is 6. The van der Waals surface area contributed by atoms with Gasteiger partial charge in [0.15, 0.2) is 6.17 Å². The number of benzene rings is 1. The predicted molar refractivity (Wildman–Crippen MR) is 160 cm³/mol. The summed E-state index contributed by atoms with van der Waals surface area (Å²) in [4.78, 5) is 21.9. The SMILES string of the molecule is CCCCCCCCCC(=O)N1CCN(c2ccc(-c3n[nH]c4c3=NC(C3=C(OC)CCC=C3F)NC=4)cc2)CC1. The Balaban J connectivity index is 1.18. The van der Waals surface area contributed by atoms with Crippen LogP contribution in [-0.2, 0) is 9.53 Å². The number of piperazine rings is 1. The maximum absolute atomic E-state index is 14.8. The van der Waals surface area contributed by atoms with Crippen molar-refractivity contribution in [2.45, 2.75) is 77.3 Å². The average Bonchev–Trinajstić information content (AvgIpc) is 3.44. The number of aromatic amines is 1. The Morgan fingerprint density at radius 3 is 2.51 bits per heavy atom. The Bertz CT molecular complexity index is 1370. The fourth-order valence-corrected chi connectivity index (χ4v) is 5.90. The number of methoxy groups -OCH3 is 1. The molecule has 8 nitrogen and oxygen atoms in total. The molecule has 1 amide bonds. The van der Waals surface area contributed by atoms with E-state index in [2.05, 4.69) is 51.6 Å². The van der Waals surface area contributed by atoms with Gasteiger partial charge in [-0.3, -0.25) is 14.9 Å². The summed E-state index contributed by atoms with van der Waals surface area (Å²) in [7, 11) is 1.58. The molecule has 1 unspecified atom stereocenters. The summed E-state index contributed by atoms with van der Waals surface area (Å²) in [5.74, 6) is 0.625. The second-order valence-electron chi connectivity index (χ2n) is 11.1. The smallest absolute Gasteiger partial charge is 0.222 e. The van der Waals surface area contributed by atoms with E-state index in [1.165, 1.54) is 32.1 Å². The number of nitrogens with zero attached hydrogens (tertiary/aromatic N) is 4. The number of carbonyl (C=O) groups is 1. The van der Waals surface area contributed by atoms with Crippen molar-refractivity contribution < 1.29 is 13.9 Å². The number of H-pyrrole nitrogens is 1. The topological polar surface area (TPSA) is 85.9 Å². The number of anilines is 1. The number of aromatic nitrogens is 2. The van der Waals surface area contributed by atoms with Crippen LogP contribution < -0.4 is 20.9 Å². The number of rotatable bonds is 12. The maximum atomic E-state index is 14.8. The van der Waals surface area contributed by atoms with E-state index >= 15 is 0 Å². The molecule has 0 spiro atoms. The van der Waals surface area contributed by atoms with Gasteiger partial charge < -0.3 is 19.9 Å². The Labute approximate surface area is 242 Å². The van der Waals surface area contributed by atoms with Gasteiger partial charge in [-0.25, -0.2) is 4.39 Å². The minimum Gasteiger partial charge on any atom is -0.501 e. The van der Waals surface area contributed by atoms with E-state index in [0.29, 0.717) is 41.9 Å². The maximum Gasteiger partial charge on any atom is 0.222 e. The highest BCUT2D eigenvalue weighted by molar-refractivity contribution is 5.76. The number of halogens is 1. The molecule has 2 aromatic rings. The summed E-state index contributed by atoms with van der Waals surface area (Å²) < 4.78 is 20.2. The lowest BCUT2D eigenvalue weighted by molar-refractivity contribution is -0.131. The molecule has 1 atom stereocenters. The van der Waals surface area contributed by atoms with Crippen LogP contribution in [0.5, 0.6) is 0 Å². The van der Waals surface area contributed by atoms with Gasteiger partial charge in [-0.2, -0.15) is 5.10 Å². The van der Waals surface area contributed by atoms with Gasteiger partial charge in [0.05, 0.1) is 18.0 Å². The quantitative estimate of drug-likeness (QED) is 0.367. The van der Waals surface area contributed by atoms with Crippen molar-refractivity contribution in [3.8, 4) is 11.3 Å². The first kappa shape index (κ1) is 28.9. The van der Waals surface area contributed by atoms with E-state index in [0.717, 1.165) is 61.3 Å². The van der Waals surface area contributed by atoms with Gasteiger partial charge in [-0.1, -0.05) is 57.6 Å². The number of allylic oxidation sites excluding steroid dienone is 2. The fraction of sp³-hybridized carbons (Fsp3) is 0.531. The number of amides is 1. The van der Waals surface area contributed by atoms with Crippen molar-refractivity contribution >= 4 is 17.8 Å². The van der Waals surface area contributed by atoms with Crippen molar-refractivity contribution in [3.63, 3.8) is 0 Å². The van der Waals surface area contributed by atoms with Crippen LogP contribution in [0.25, 0.3) is 17.5 Å². The Hall–Kier alpha value is -3.62. The highest BCUT2D eigenvalue weighted by atomic mass is 19.1. The molecule has 2 aliphatic heterocycles. The zero-order chi connectivity index (χ0) is 28.6. The zero-order valence-electron chi connectivity index (χ0n) is 24.4. The zero-order valence-corrected chi connectivity index (χ0v) is 24.4. The minimum absolute atomic E-state index is 0.291. The number of fused-ring (bicyclic) bond motifs is 1. The first-order valence-electron chi connectivity index (χ1n) is 15.2. The normalized spacial score (nSPS) is 18.7. The fourth-order valence-electron chi connectivity index (χ4n) is 5.90. The van der Waals surface area contributed by atoms with Gasteiger partial charge >= 0.3 is 0 Å². The van der Waals surface area contributed by atoms with Crippen molar-refractivity contribution in [1.82, 2.24) is 20.4 Å². The molecule has 1 saturated heterocycles. The first-order chi connectivity index (χ1) is 20.1. The van der Waals surface area contributed by atoms with Crippen molar-refractivity contribution in [2.75, 3.05) is 38.2 Å². The molecule has 3 aliphatic rings. The van der Waals surface area contributed by atoms with Crippen molar-refractivity contribution in [3.05, 3.63) is 58.2 Å². The summed E-state index contributed by atoms with van der Waals surface area (Å²) in [5, 5.41) is 12.2. The highest BCUT2D eigenvalue weighted by Gasteiger charge is 2.27. The lowest BCUT2D eigenvalue weighted by atomic mass is 10.0. The number of hydrogen-bond acceptors (Lipinski definition) is 6. The van der Waals surface area contributed by atoms with E-state index < -0.39 is 6.17 Å². The lowest BCUT2D eigenvalue weighted by Gasteiger charge is -2.36. The Morgan fingerprint density at radius 2 is 1.78 bits per heavy atom. The average molecular weight is 563 g/mol. The number of hydrogen-bond donors (Lipinski definition) is 2. The van der Waals surface area contributed by atoms with E-state index in [1.54, 1.807) is 19.4 Å². The molecule has 220 valence electrons. The van der Waals surface area contributed by atoms with Crippen LogP contribution in [0.2, 0.25) is 0 Å². The molecule has 9 heteroatoms. The highest BCUT2D eigenvalue weighted by Crippen LogP contribution is 2.30. The van der Waals surface area contributed by atoms with Gasteiger partial charge in [0.1, 0.15) is 22.6 Å². The summed E-state index contributed by atoms with van der Waals surface area (Å²) in [6.45, 7) is 5.41. The summed E-state index contributed by atoms with van der Waals surface area (Å²) in [5.41, 5.74) is 3.25. The first-order valence-corrected chi connectivity index (χ1v) is 15.2. The molecule has 1 aliphatic carbocycles. The molecule has 0 saturated carbocycles. The van der Waals surface area contributed by atoms with Crippen LogP contribution in [0.1, 0.15) is 71.1 Å². The van der Waals surface area contributed by atoms with Gasteiger partial charge in [0.2, 0.25) is 5.91 Å². The predicted octanol–water partition coefficient (Wildman–Crippen LogP) is 4.70. The van der Waals surface area contributed by atoms with Gasteiger partial charge in [0, 0.05) is 56.5 Å². The van der Waals surface area contributed by atoms with E-state index in [1.807, 2.05) is 4.90 Å². The second-order valence-corrected chi connectivity index (χ2v) is 11.1. The summed E-state index contributed by atoms with van der Waals surface area (Å²) >= 11 is 0. The molecule has 1 fully saturated rings. The van der Waals surface area contributed by atoms with Gasteiger partial charge in [0.25, 0.3) is 0 Å². The third kappa shape index (κ3) is 6.82. The molecular weight excluding hydrogens is 519 g/mol. The van der Waals surface area contributed by atoms with Crippen LogP contribution in [0.4, 0.5) is 10.1 Å². The van der Waals surface area contributed by atoms with E-state index in [9.17, 15) is 9.18 Å². The number of nitrogens with one attached hydrogen (secondary N) is 2. The molecule has 0 radical (unpaired) electrons. The standard InChI is InChI=1S/C32H43FN6O2/c1-3-4-5-6-7-8-9-13-28(40)39-20-18-38(19-21-39)24-16-14-23(15-17-24)30-31-26(36-37-30)22-34-32(35-31)29-25(33)11-10-12-27(29)41-2/h11,14-17,22,32,34,36H,3-10,12-13,18-21H2,1-2H3. The van der Waals surface area contributed by atoms with Crippen LogP contribution in [0, 0.1) is 0 Å². The molecule has 0 bridgehead atoms. The molecular formula is C32H43FN6O2. The minimum atomic E-state index is -0.575. The second kappa shape index (κ2) is 13.8. The van der Waals surface area contributed by atoms with Crippen molar-refractivity contribution in [1.29, 1.82) is 0 Å². The molecule has 1 aromatic heterocycles. The molecule has 2 N–H and O–H groups in total. The largest absolute Gasteiger partial charge is 0.501 e. The monoisotopic (exact) mass is 562 g/mol. The van der Waals surface area contributed by atoms with Crippen LogP contribution >= 0.6 is 0 Å². The summed E-state index contributed by atoms with van der Waals surface area (Å²) in [6, 6.07) is 8.31. The van der Waals surface area contributed by atoms with Crippen LogP contribution in [0.15, 0.2) is 52.5 Å². The molecule has 5 rings (SSSR count). The third-order valence-corrected chi connectivity index (χ3v) is 8.32. The molecule has 41 heavy (non-hydrogen) atoms. The number of carbonyl (C=O) groups excluding carboxylic acids is 1. The van der Waals surface area contributed by atoms with E-state index in [-0.39, 0.29) is 5.83 Å². The van der Waals surface area contributed by atoms with Crippen molar-refractivity contribution in [2.24, 2.45) is 4.99 Å². The van der Waals surface area contributed by atoms with Crippen LogP contribution in [-0.4, -0.2) is 60.5 Å². The van der Waals surface area contributed by atoms with E-state index in [4.69, 9.17) is 9.73 Å². The third-order valence-electron chi connectivity index (χ3n) is 8.32. The van der Waals surface area contributed by atoms with Crippen LogP contribution in [0.3, 0.4) is 0 Å². The summed E-state index contributed by atoms with van der Waals surface area (Å²) in [6.07, 6.45) is 13.3. The van der Waals surface area contributed by atoms with Gasteiger partial charge in [-0.15, -0.1) is 0 Å². The van der Waals surface area contributed by atoms with Gasteiger partial charge in [-0.05, 0) is 31.1 Å². The Kier molecular flexibility index (Phi) is 9.75. The number of ether oxygens (including phenoxy) is 1. The Morgan fingerprint density at radius 1 is 1.05 bits per heavy atom. The molecule has 1 aromatic carbocycles.